The third kappa shape index (κ3) is 3.25. The number of amides is 1. The van der Waals surface area contributed by atoms with E-state index in [1.54, 1.807) is 36.3 Å². The lowest BCUT2D eigenvalue weighted by Crippen LogP contribution is -2.47. The Kier molecular flexibility index (Phi) is 5.07. The van der Waals surface area contributed by atoms with E-state index in [4.69, 9.17) is 4.74 Å². The van der Waals surface area contributed by atoms with Crippen molar-refractivity contribution < 1.29 is 19.4 Å². The summed E-state index contributed by atoms with van der Waals surface area (Å²) in [6.45, 7) is 0. The van der Waals surface area contributed by atoms with Gasteiger partial charge in [0.2, 0.25) is 0 Å². The summed E-state index contributed by atoms with van der Waals surface area (Å²) in [6, 6.07) is 6.32. The molecule has 0 spiro atoms. The van der Waals surface area contributed by atoms with Gasteiger partial charge in [0.1, 0.15) is 11.8 Å². The van der Waals surface area contributed by atoms with Crippen molar-refractivity contribution in [2.24, 2.45) is 5.92 Å². The van der Waals surface area contributed by atoms with E-state index in [9.17, 15) is 14.7 Å². The van der Waals surface area contributed by atoms with Crippen LogP contribution in [-0.4, -0.2) is 41.1 Å². The first-order valence-electron chi connectivity index (χ1n) is 8.81. The molecular formula is C19H25NO4. The fraction of sp³-hybridized carbons (Fsp3) is 0.579. The molecule has 24 heavy (non-hydrogen) atoms. The highest BCUT2D eigenvalue weighted by Gasteiger charge is 2.44. The van der Waals surface area contributed by atoms with E-state index in [1.165, 1.54) is 19.3 Å². The number of nitrogens with zero attached hydrogens (tertiary/aromatic N) is 1. The number of hydrogen-bond acceptors (Lipinski definition) is 3. The molecule has 0 aromatic heterocycles. The fourth-order valence-electron chi connectivity index (χ4n) is 4.26. The number of rotatable bonds is 4. The Bertz CT molecular complexity index is 609. The average Bonchev–Trinajstić information content (AvgIpc) is 3.07. The van der Waals surface area contributed by atoms with Gasteiger partial charge in [-0.2, -0.15) is 0 Å². The molecule has 2 aliphatic rings. The van der Waals surface area contributed by atoms with Gasteiger partial charge in [-0.3, -0.25) is 4.79 Å². The summed E-state index contributed by atoms with van der Waals surface area (Å²) in [7, 11) is 1.56. The molecule has 1 aliphatic heterocycles. The first-order valence-corrected chi connectivity index (χ1v) is 8.81. The Balaban J connectivity index is 1.88. The van der Waals surface area contributed by atoms with Crippen molar-refractivity contribution in [1.82, 2.24) is 4.90 Å². The monoisotopic (exact) mass is 331 g/mol. The van der Waals surface area contributed by atoms with Crippen LogP contribution in [0.3, 0.4) is 0 Å². The molecule has 1 aromatic carbocycles. The van der Waals surface area contributed by atoms with Crippen molar-refractivity contribution in [3.63, 3.8) is 0 Å². The van der Waals surface area contributed by atoms with Crippen LogP contribution in [0.1, 0.15) is 55.3 Å². The molecule has 1 N–H and O–H groups in total. The zero-order valence-corrected chi connectivity index (χ0v) is 14.1. The second kappa shape index (κ2) is 7.24. The molecule has 1 saturated heterocycles. The van der Waals surface area contributed by atoms with E-state index >= 15 is 0 Å². The van der Waals surface area contributed by atoms with Crippen LogP contribution in [0, 0.1) is 5.92 Å². The molecular weight excluding hydrogens is 306 g/mol. The van der Waals surface area contributed by atoms with Gasteiger partial charge in [0, 0.05) is 11.6 Å². The molecule has 5 heteroatoms. The molecule has 1 saturated carbocycles. The van der Waals surface area contributed by atoms with Crippen molar-refractivity contribution in [2.75, 3.05) is 7.11 Å². The Hall–Kier alpha value is -2.04. The summed E-state index contributed by atoms with van der Waals surface area (Å²) in [5.41, 5.74) is 0.503. The minimum absolute atomic E-state index is 0.0464. The van der Waals surface area contributed by atoms with Crippen LogP contribution < -0.4 is 4.74 Å². The summed E-state index contributed by atoms with van der Waals surface area (Å²) in [5, 5.41) is 9.58. The number of hydrogen-bond donors (Lipinski definition) is 1. The Morgan fingerprint density at radius 3 is 2.54 bits per heavy atom. The zero-order valence-electron chi connectivity index (χ0n) is 14.1. The minimum Gasteiger partial charge on any atom is -0.497 e. The summed E-state index contributed by atoms with van der Waals surface area (Å²) in [5.74, 6) is -0.0438. The Labute approximate surface area is 142 Å². The topological polar surface area (TPSA) is 66.8 Å². The molecule has 2 atom stereocenters. The number of carboxylic acids is 1. The van der Waals surface area contributed by atoms with Crippen LogP contribution in [0.15, 0.2) is 24.3 Å². The van der Waals surface area contributed by atoms with Gasteiger partial charge in [-0.05, 0) is 49.8 Å². The molecule has 2 fully saturated rings. The normalized spacial score (nSPS) is 24.8. The molecule has 0 bridgehead atoms. The SMILES string of the molecule is COc1cccc(C(=O)N2C(C3CCCCC3)CC[C@H]2C(=O)O)c1. The van der Waals surface area contributed by atoms with E-state index in [1.807, 2.05) is 0 Å². The molecule has 1 unspecified atom stereocenters. The standard InChI is InChI=1S/C19H25NO4/c1-24-15-9-5-8-14(12-15)18(21)20-16(10-11-17(20)19(22)23)13-6-3-2-4-7-13/h5,8-9,12-13,16-17H,2-4,6-7,10-11H2,1H3,(H,22,23)/t16?,17-/m0/s1. The van der Waals surface area contributed by atoms with Gasteiger partial charge >= 0.3 is 5.97 Å². The molecule has 0 radical (unpaired) electrons. The Morgan fingerprint density at radius 2 is 1.88 bits per heavy atom. The van der Waals surface area contributed by atoms with Gasteiger partial charge in [0.25, 0.3) is 5.91 Å². The Morgan fingerprint density at radius 1 is 1.12 bits per heavy atom. The van der Waals surface area contributed by atoms with E-state index in [0.29, 0.717) is 23.7 Å². The maximum absolute atomic E-state index is 13.1. The lowest BCUT2D eigenvalue weighted by molar-refractivity contribution is -0.142. The van der Waals surface area contributed by atoms with Crippen LogP contribution in [-0.2, 0) is 4.79 Å². The maximum atomic E-state index is 13.1. The number of benzene rings is 1. The number of ether oxygens (including phenoxy) is 1. The molecule has 1 amide bonds. The molecule has 1 aromatic rings. The van der Waals surface area contributed by atoms with Crippen molar-refractivity contribution in [3.8, 4) is 5.75 Å². The molecule has 1 heterocycles. The fourth-order valence-corrected chi connectivity index (χ4v) is 4.26. The number of carboxylic acid groups (broad SMARTS) is 1. The van der Waals surface area contributed by atoms with E-state index in [-0.39, 0.29) is 11.9 Å². The van der Waals surface area contributed by atoms with Crippen LogP contribution in [0.2, 0.25) is 0 Å². The average molecular weight is 331 g/mol. The highest BCUT2D eigenvalue weighted by molar-refractivity contribution is 5.97. The van der Waals surface area contributed by atoms with Gasteiger partial charge in [-0.15, -0.1) is 0 Å². The van der Waals surface area contributed by atoms with Crippen molar-refractivity contribution >= 4 is 11.9 Å². The van der Waals surface area contributed by atoms with E-state index < -0.39 is 12.0 Å². The van der Waals surface area contributed by atoms with Gasteiger partial charge in [-0.1, -0.05) is 25.3 Å². The predicted molar refractivity (Wildman–Crippen MR) is 90.2 cm³/mol. The number of likely N-dealkylation sites (tertiary alicyclic amines) is 1. The van der Waals surface area contributed by atoms with Gasteiger partial charge in [0.05, 0.1) is 7.11 Å². The summed E-state index contributed by atoms with van der Waals surface area (Å²) in [6.07, 6.45) is 7.14. The van der Waals surface area contributed by atoms with Gasteiger partial charge in [0.15, 0.2) is 0 Å². The summed E-state index contributed by atoms with van der Waals surface area (Å²) >= 11 is 0. The van der Waals surface area contributed by atoms with Crippen molar-refractivity contribution in [3.05, 3.63) is 29.8 Å². The highest BCUT2D eigenvalue weighted by atomic mass is 16.5. The van der Waals surface area contributed by atoms with E-state index in [0.717, 1.165) is 19.3 Å². The second-order valence-electron chi connectivity index (χ2n) is 6.84. The van der Waals surface area contributed by atoms with Gasteiger partial charge in [-0.25, -0.2) is 4.79 Å². The lowest BCUT2D eigenvalue weighted by Gasteiger charge is -2.35. The van der Waals surface area contributed by atoms with Crippen LogP contribution >= 0.6 is 0 Å². The highest BCUT2D eigenvalue weighted by Crippen LogP contribution is 2.38. The first-order chi connectivity index (χ1) is 11.6. The predicted octanol–water partition coefficient (Wildman–Crippen LogP) is 3.33. The molecule has 5 nitrogen and oxygen atoms in total. The van der Waals surface area contributed by atoms with Crippen LogP contribution in [0.4, 0.5) is 0 Å². The number of carbonyl (C=O) groups excluding carboxylic acids is 1. The molecule has 1 aliphatic carbocycles. The number of methoxy groups -OCH3 is 1. The maximum Gasteiger partial charge on any atom is 0.326 e. The largest absolute Gasteiger partial charge is 0.497 e. The first kappa shape index (κ1) is 16.8. The summed E-state index contributed by atoms with van der Waals surface area (Å²) < 4.78 is 5.20. The minimum atomic E-state index is -0.899. The molecule has 3 rings (SSSR count). The third-order valence-corrected chi connectivity index (χ3v) is 5.46. The number of aliphatic carboxylic acids is 1. The van der Waals surface area contributed by atoms with Crippen molar-refractivity contribution in [2.45, 2.75) is 57.0 Å². The third-order valence-electron chi connectivity index (χ3n) is 5.46. The summed E-state index contributed by atoms with van der Waals surface area (Å²) in [4.78, 5) is 26.4. The van der Waals surface area contributed by atoms with Crippen LogP contribution in [0.5, 0.6) is 5.75 Å². The van der Waals surface area contributed by atoms with Crippen LogP contribution in [0.25, 0.3) is 0 Å². The quantitative estimate of drug-likeness (QED) is 0.919. The number of carbonyl (C=O) groups is 2. The zero-order chi connectivity index (χ0) is 17.1. The van der Waals surface area contributed by atoms with E-state index in [2.05, 4.69) is 0 Å². The second-order valence-corrected chi connectivity index (χ2v) is 6.84. The molecule has 130 valence electrons. The van der Waals surface area contributed by atoms with Gasteiger partial charge < -0.3 is 14.7 Å². The lowest BCUT2D eigenvalue weighted by atomic mass is 9.83. The van der Waals surface area contributed by atoms with Crippen molar-refractivity contribution in [1.29, 1.82) is 0 Å². The smallest absolute Gasteiger partial charge is 0.326 e.